The van der Waals surface area contributed by atoms with E-state index in [1.165, 1.54) is 0 Å². The molecule has 0 unspecified atom stereocenters. The van der Waals surface area contributed by atoms with Gasteiger partial charge in [0.1, 0.15) is 3.23 Å². The van der Waals surface area contributed by atoms with E-state index >= 15 is 0 Å². The van der Waals surface area contributed by atoms with Gasteiger partial charge < -0.3 is 9.64 Å². The molecule has 0 N–H and O–H groups in total. The number of amides is 1. The van der Waals surface area contributed by atoms with Gasteiger partial charge in [0.05, 0.1) is 18.2 Å². The molecule has 0 saturated heterocycles. The van der Waals surface area contributed by atoms with Crippen molar-refractivity contribution in [3.05, 3.63) is 83.6 Å². The maximum Gasteiger partial charge on any atom is 0.335 e. The van der Waals surface area contributed by atoms with Crippen LogP contribution < -0.4 is 0 Å². The molecule has 2 aromatic rings. The number of hydrogen-bond acceptors (Lipinski definition) is 3. The molecule has 0 spiro atoms. The van der Waals surface area contributed by atoms with E-state index in [0.29, 0.717) is 24.2 Å². The lowest BCUT2D eigenvalue weighted by atomic mass is 9.85. The minimum atomic E-state index is -0.436. The van der Waals surface area contributed by atoms with Gasteiger partial charge in [0, 0.05) is 23.6 Å². The first-order valence-electron chi connectivity index (χ1n) is 9.63. The summed E-state index contributed by atoms with van der Waals surface area (Å²) in [5.41, 5.74) is 2.29. The third kappa shape index (κ3) is 3.80. The lowest BCUT2D eigenvalue weighted by Crippen LogP contribution is -2.37. The van der Waals surface area contributed by atoms with Gasteiger partial charge in [-0.15, -0.1) is 0 Å². The molecule has 1 amide bonds. The van der Waals surface area contributed by atoms with Crippen LogP contribution in [-0.4, -0.2) is 32.7 Å². The summed E-state index contributed by atoms with van der Waals surface area (Å²) in [5, 5.41) is 0. The number of benzene rings is 2. The molecule has 1 heterocycles. The lowest BCUT2D eigenvalue weighted by molar-refractivity contribution is -0.139. The molecular formula is C23H21Br2NO3. The van der Waals surface area contributed by atoms with Gasteiger partial charge in [-0.25, -0.2) is 4.79 Å². The zero-order chi connectivity index (χ0) is 20.6. The monoisotopic (exact) mass is 517 g/mol. The highest BCUT2D eigenvalue weighted by atomic mass is 79.9. The molecule has 6 heteroatoms. The van der Waals surface area contributed by atoms with E-state index in [2.05, 4.69) is 44.0 Å². The minimum absolute atomic E-state index is 0.0553. The Hall–Kier alpha value is -1.92. The van der Waals surface area contributed by atoms with Crippen molar-refractivity contribution >= 4 is 43.7 Å². The van der Waals surface area contributed by atoms with Crippen molar-refractivity contribution < 1.29 is 14.3 Å². The van der Waals surface area contributed by atoms with Crippen LogP contribution in [0.3, 0.4) is 0 Å². The number of fused-ring (bicyclic) bond motifs is 1. The Morgan fingerprint density at radius 3 is 2.28 bits per heavy atom. The Kier molecular flexibility index (Phi) is 5.67. The Bertz CT molecular complexity index is 943. The summed E-state index contributed by atoms with van der Waals surface area (Å²) in [6.07, 6.45) is 2.41. The fraction of sp³-hybridized carbons (Fsp3) is 0.304. The lowest BCUT2D eigenvalue weighted by Gasteiger charge is -2.29. The van der Waals surface area contributed by atoms with Crippen LogP contribution in [0.2, 0.25) is 0 Å². The van der Waals surface area contributed by atoms with E-state index < -0.39 is 3.23 Å². The number of carbonyl (C=O) groups is 2. The predicted molar refractivity (Wildman–Crippen MR) is 119 cm³/mol. The molecule has 0 aromatic heterocycles. The number of ether oxygens (including phenoxy) is 1. The highest BCUT2D eigenvalue weighted by Gasteiger charge is 2.70. The van der Waals surface area contributed by atoms with E-state index in [1.54, 1.807) is 30.2 Å². The van der Waals surface area contributed by atoms with Crippen LogP contribution in [0.25, 0.3) is 0 Å². The van der Waals surface area contributed by atoms with E-state index in [9.17, 15) is 9.59 Å². The molecule has 150 valence electrons. The number of nitrogens with zero attached hydrogens (tertiary/aromatic N) is 1. The van der Waals surface area contributed by atoms with Gasteiger partial charge in [0.2, 0.25) is 0 Å². The molecule has 29 heavy (non-hydrogen) atoms. The van der Waals surface area contributed by atoms with Gasteiger partial charge in [0.15, 0.2) is 0 Å². The van der Waals surface area contributed by atoms with Crippen LogP contribution in [-0.2, 0) is 16.0 Å². The fourth-order valence-electron chi connectivity index (χ4n) is 4.14. The maximum absolute atomic E-state index is 13.2. The molecule has 2 aromatic carbocycles. The topological polar surface area (TPSA) is 46.6 Å². The Morgan fingerprint density at radius 2 is 1.66 bits per heavy atom. The molecule has 1 aliphatic heterocycles. The molecule has 1 aliphatic carbocycles. The van der Waals surface area contributed by atoms with Crippen molar-refractivity contribution in [2.45, 2.75) is 22.6 Å². The highest BCUT2D eigenvalue weighted by Crippen LogP contribution is 2.66. The van der Waals surface area contributed by atoms with Crippen molar-refractivity contribution in [3.63, 3.8) is 0 Å². The van der Waals surface area contributed by atoms with Crippen molar-refractivity contribution in [1.82, 2.24) is 4.90 Å². The molecule has 4 nitrogen and oxygen atoms in total. The normalized spacial score (nSPS) is 24.3. The fourth-order valence-corrected chi connectivity index (χ4v) is 6.02. The second-order valence-corrected chi connectivity index (χ2v) is 11.0. The first-order valence-corrected chi connectivity index (χ1v) is 11.2. The second kappa shape index (κ2) is 8.07. The summed E-state index contributed by atoms with van der Waals surface area (Å²) >= 11 is 7.53. The molecule has 2 aliphatic rings. The SMILES string of the molecule is CCOC(=O)C1=CN(C(=O)c2ccccc2)[C@H]2[C@@H]([C@H]1Cc1ccccc1)C2(Br)Br. The van der Waals surface area contributed by atoms with E-state index in [1.807, 2.05) is 36.4 Å². The number of alkyl halides is 2. The number of esters is 1. The number of hydrogen-bond donors (Lipinski definition) is 0. The van der Waals surface area contributed by atoms with Gasteiger partial charge in [0.25, 0.3) is 5.91 Å². The smallest absolute Gasteiger partial charge is 0.335 e. The zero-order valence-electron chi connectivity index (χ0n) is 15.9. The molecule has 3 atom stereocenters. The Morgan fingerprint density at radius 1 is 1.03 bits per heavy atom. The van der Waals surface area contributed by atoms with Gasteiger partial charge in [-0.1, -0.05) is 80.4 Å². The third-order valence-corrected chi connectivity index (χ3v) is 7.54. The van der Waals surface area contributed by atoms with E-state index in [-0.39, 0.29) is 29.8 Å². The first kappa shape index (κ1) is 20.4. The molecule has 0 radical (unpaired) electrons. The molecular weight excluding hydrogens is 498 g/mol. The van der Waals surface area contributed by atoms with Crippen LogP contribution in [0.1, 0.15) is 22.8 Å². The Labute approximate surface area is 187 Å². The summed E-state index contributed by atoms with van der Waals surface area (Å²) in [4.78, 5) is 27.7. The summed E-state index contributed by atoms with van der Waals surface area (Å²) in [7, 11) is 0. The van der Waals surface area contributed by atoms with Crippen LogP contribution in [0.5, 0.6) is 0 Å². The number of carbonyl (C=O) groups excluding carboxylic acids is 2. The van der Waals surface area contributed by atoms with Crippen molar-refractivity contribution in [2.24, 2.45) is 11.8 Å². The summed E-state index contributed by atoms with van der Waals surface area (Å²) < 4.78 is 4.91. The quantitative estimate of drug-likeness (QED) is 0.416. The average Bonchev–Trinajstić information content (AvgIpc) is 3.31. The van der Waals surface area contributed by atoms with Crippen LogP contribution in [0.4, 0.5) is 0 Å². The minimum Gasteiger partial charge on any atom is -0.463 e. The van der Waals surface area contributed by atoms with Gasteiger partial charge in [-0.05, 0) is 31.0 Å². The van der Waals surface area contributed by atoms with Crippen molar-refractivity contribution in [1.29, 1.82) is 0 Å². The zero-order valence-corrected chi connectivity index (χ0v) is 19.1. The predicted octanol–water partition coefficient (Wildman–Crippen LogP) is 4.93. The second-order valence-electron chi connectivity index (χ2n) is 7.32. The van der Waals surface area contributed by atoms with Gasteiger partial charge >= 0.3 is 5.97 Å². The highest BCUT2D eigenvalue weighted by molar-refractivity contribution is 9.25. The number of halogens is 2. The summed E-state index contributed by atoms with van der Waals surface area (Å²) in [6, 6.07) is 19.1. The van der Waals surface area contributed by atoms with Crippen molar-refractivity contribution in [3.8, 4) is 0 Å². The largest absolute Gasteiger partial charge is 0.463 e. The van der Waals surface area contributed by atoms with E-state index in [4.69, 9.17) is 4.74 Å². The molecule has 0 bridgehead atoms. The third-order valence-electron chi connectivity index (χ3n) is 5.55. The summed E-state index contributed by atoms with van der Waals surface area (Å²) in [5.74, 6) is -0.485. The standard InChI is InChI=1S/C23H21Br2NO3/c1-2-29-22(28)18-14-26(21(27)16-11-7-4-8-12-16)20-19(23(20,24)25)17(18)13-15-9-5-3-6-10-15/h3-12,14,17,19-20H,2,13H2,1H3/t17-,19+,20-/m0/s1. The van der Waals surface area contributed by atoms with Gasteiger partial charge in [-0.2, -0.15) is 0 Å². The molecule has 1 fully saturated rings. The van der Waals surface area contributed by atoms with Crippen LogP contribution in [0.15, 0.2) is 72.4 Å². The molecule has 4 rings (SSSR count). The summed E-state index contributed by atoms with van der Waals surface area (Å²) in [6.45, 7) is 2.09. The van der Waals surface area contributed by atoms with Crippen LogP contribution in [0, 0.1) is 11.8 Å². The van der Waals surface area contributed by atoms with Gasteiger partial charge in [-0.3, -0.25) is 4.79 Å². The van der Waals surface area contributed by atoms with Crippen molar-refractivity contribution in [2.75, 3.05) is 6.61 Å². The first-order chi connectivity index (χ1) is 13.9. The number of rotatable bonds is 5. The molecule has 1 saturated carbocycles. The Balaban J connectivity index is 1.73. The maximum atomic E-state index is 13.2. The average molecular weight is 519 g/mol. The van der Waals surface area contributed by atoms with Crippen LogP contribution >= 0.6 is 31.9 Å². The van der Waals surface area contributed by atoms with E-state index in [0.717, 1.165) is 5.56 Å².